The fourth-order valence-electron chi connectivity index (χ4n) is 8.65. The van der Waals surface area contributed by atoms with Crippen LogP contribution in [0.4, 0.5) is 26.7 Å². The van der Waals surface area contributed by atoms with Crippen LogP contribution in [0.25, 0.3) is 4.85 Å². The van der Waals surface area contributed by atoms with Crippen molar-refractivity contribution >= 4 is 51.2 Å². The maximum absolute atomic E-state index is 14.6. The number of aryl methyl sites for hydroxylation is 2. The third-order valence-corrected chi connectivity index (χ3v) is 12.5. The molecule has 5 aliphatic rings. The summed E-state index contributed by atoms with van der Waals surface area (Å²) in [6.07, 6.45) is 3.80. The second kappa shape index (κ2) is 11.7. The number of anilines is 3. The highest BCUT2D eigenvalue weighted by Gasteiger charge is 2.53. The van der Waals surface area contributed by atoms with Crippen LogP contribution >= 0.6 is 22.9 Å². The van der Waals surface area contributed by atoms with Gasteiger partial charge in [-0.1, -0.05) is 11.6 Å². The van der Waals surface area contributed by atoms with Crippen molar-refractivity contribution in [2.45, 2.75) is 68.7 Å². The number of aromatic nitrogens is 4. The number of thiophene rings is 1. The molecular weight excluding hydrogens is 669 g/mol. The molecule has 0 radical (unpaired) electrons. The molecule has 49 heavy (non-hydrogen) atoms. The molecule has 1 aliphatic carbocycles. The van der Waals surface area contributed by atoms with Gasteiger partial charge in [0.1, 0.15) is 35.5 Å². The zero-order chi connectivity index (χ0) is 34.2. The van der Waals surface area contributed by atoms with Gasteiger partial charge >= 0.3 is 6.01 Å². The second-order valence-corrected chi connectivity index (χ2v) is 15.7. The first-order valence-corrected chi connectivity index (χ1v) is 17.9. The smallest absolute Gasteiger partial charge is 0.317 e. The lowest BCUT2D eigenvalue weighted by atomic mass is 9.74. The van der Waals surface area contributed by atoms with Crippen molar-refractivity contribution in [1.82, 2.24) is 29.5 Å². The molecule has 3 aromatic heterocycles. The van der Waals surface area contributed by atoms with Gasteiger partial charge in [0.25, 0.3) is 11.6 Å². The van der Waals surface area contributed by atoms with Gasteiger partial charge in [-0.15, -0.1) is 11.3 Å². The number of halogens is 2. The molecule has 2 N–H and O–H groups in total. The zero-order valence-electron chi connectivity index (χ0n) is 27.5. The molecule has 3 fully saturated rings. The highest BCUT2D eigenvalue weighted by atomic mass is 35.5. The second-order valence-electron chi connectivity index (χ2n) is 14.2. The van der Waals surface area contributed by atoms with E-state index in [1.54, 1.807) is 18.8 Å². The van der Waals surface area contributed by atoms with Gasteiger partial charge in [0.2, 0.25) is 0 Å². The maximum atomic E-state index is 14.6. The van der Waals surface area contributed by atoms with Gasteiger partial charge in [0.05, 0.1) is 34.9 Å². The van der Waals surface area contributed by atoms with E-state index >= 15 is 0 Å². The van der Waals surface area contributed by atoms with Crippen molar-refractivity contribution in [2.24, 2.45) is 0 Å². The van der Waals surface area contributed by atoms with E-state index in [1.807, 2.05) is 4.90 Å². The van der Waals surface area contributed by atoms with Gasteiger partial charge in [0, 0.05) is 63.5 Å². The lowest BCUT2D eigenvalue weighted by Crippen LogP contribution is -2.59. The fraction of sp³-hybridized carbons (Fsp3) is 0.576. The molecule has 0 bridgehead atoms. The van der Waals surface area contributed by atoms with Crippen LogP contribution < -0.4 is 20.3 Å². The monoisotopic (exact) mass is 705 g/mol. The number of nitrogens with zero attached hydrogens (tertiary/aromatic N) is 10. The first-order chi connectivity index (χ1) is 23.6. The van der Waals surface area contributed by atoms with E-state index in [4.69, 9.17) is 38.6 Å². The molecule has 7 heterocycles. The number of hydrogen-bond donors (Lipinski definition) is 1. The molecule has 13 nitrogen and oxygen atoms in total. The minimum absolute atomic E-state index is 0.138. The van der Waals surface area contributed by atoms with Crippen molar-refractivity contribution in [3.05, 3.63) is 43.8 Å². The number of ether oxygens (including phenoxy) is 1. The molecule has 1 spiro atoms. The summed E-state index contributed by atoms with van der Waals surface area (Å²) >= 11 is 8.30. The van der Waals surface area contributed by atoms with E-state index in [0.717, 1.165) is 37.8 Å². The van der Waals surface area contributed by atoms with Crippen molar-refractivity contribution in [3.8, 4) is 12.1 Å². The summed E-state index contributed by atoms with van der Waals surface area (Å²) in [4.78, 5) is 35.4. The molecule has 16 heteroatoms. The number of nitriles is 1. The van der Waals surface area contributed by atoms with E-state index in [1.165, 1.54) is 21.1 Å². The highest BCUT2D eigenvalue weighted by molar-refractivity contribution is 7.16. The molecule has 0 saturated carbocycles. The number of hydrogen-bond acceptors (Lipinski definition) is 11. The fourth-order valence-corrected chi connectivity index (χ4v) is 10.1. The molecule has 3 aromatic rings. The van der Waals surface area contributed by atoms with E-state index in [0.29, 0.717) is 79.1 Å². The molecule has 1 amide bonds. The molecular formula is C33H37ClFN11O2S. The Balaban J connectivity index is 1.16. The van der Waals surface area contributed by atoms with Gasteiger partial charge in [-0.2, -0.15) is 20.3 Å². The SMILES string of the molecule is [C-]#[N+]c1c(N2CCCn3nc(C(=O)N(C)C)c(Cl)c3C2)nc(OC[C@@]23CCCN2C[C@H](F)C3)nc1N1CC2(CCc3sc(N)c(C#N)c32)C1. The number of carbonyl (C=O) groups excluding carboxylic acids is 1. The van der Waals surface area contributed by atoms with E-state index in [-0.39, 0.29) is 41.2 Å². The van der Waals surface area contributed by atoms with Gasteiger partial charge in [-0.3, -0.25) is 14.4 Å². The minimum Gasteiger partial charge on any atom is -0.461 e. The molecule has 256 valence electrons. The molecule has 3 saturated heterocycles. The number of fused-ring (bicyclic) bond motifs is 4. The van der Waals surface area contributed by atoms with Crippen LogP contribution in [0, 0.1) is 17.9 Å². The largest absolute Gasteiger partial charge is 0.461 e. The van der Waals surface area contributed by atoms with E-state index in [9.17, 15) is 14.4 Å². The number of nitrogen functional groups attached to an aromatic ring is 1. The average molecular weight is 706 g/mol. The molecule has 0 aromatic carbocycles. The first kappa shape index (κ1) is 32.0. The molecule has 4 aliphatic heterocycles. The third kappa shape index (κ3) is 5.00. The summed E-state index contributed by atoms with van der Waals surface area (Å²) in [5.41, 5.74) is 8.38. The van der Waals surface area contributed by atoms with Crippen LogP contribution in [0.5, 0.6) is 6.01 Å². The van der Waals surface area contributed by atoms with Crippen LogP contribution in [-0.2, 0) is 24.9 Å². The summed E-state index contributed by atoms with van der Waals surface area (Å²) in [5.74, 6) is 0.608. The topological polar surface area (TPSA) is 137 Å². The van der Waals surface area contributed by atoms with Crippen molar-refractivity contribution < 1.29 is 13.9 Å². The Labute approximate surface area is 292 Å². The first-order valence-electron chi connectivity index (χ1n) is 16.7. The average Bonchev–Trinajstić information content (AvgIpc) is 3.81. The van der Waals surface area contributed by atoms with Gasteiger partial charge < -0.3 is 25.2 Å². The number of amides is 1. The Hall–Kier alpha value is -4.18. The summed E-state index contributed by atoms with van der Waals surface area (Å²) in [6, 6.07) is 2.47. The summed E-state index contributed by atoms with van der Waals surface area (Å²) < 4.78 is 22.8. The van der Waals surface area contributed by atoms with Crippen LogP contribution in [-0.4, -0.2) is 101 Å². The number of carbonyl (C=O) groups is 1. The summed E-state index contributed by atoms with van der Waals surface area (Å²) in [5, 5.41) is 15.3. The zero-order valence-corrected chi connectivity index (χ0v) is 29.1. The summed E-state index contributed by atoms with van der Waals surface area (Å²) in [6.45, 7) is 12.4. The Morgan fingerprint density at radius 1 is 1.22 bits per heavy atom. The van der Waals surface area contributed by atoms with Crippen LogP contribution in [0.15, 0.2) is 0 Å². The van der Waals surface area contributed by atoms with Crippen LogP contribution in [0.1, 0.15) is 64.3 Å². The molecule has 8 rings (SSSR count). The Morgan fingerprint density at radius 3 is 2.73 bits per heavy atom. The van der Waals surface area contributed by atoms with Crippen molar-refractivity contribution in [2.75, 3.05) is 69.0 Å². The lowest BCUT2D eigenvalue weighted by molar-refractivity contribution is 0.0821. The predicted molar refractivity (Wildman–Crippen MR) is 183 cm³/mol. The highest BCUT2D eigenvalue weighted by Crippen LogP contribution is 2.54. The quantitative estimate of drug-likeness (QED) is 0.372. The van der Waals surface area contributed by atoms with Gasteiger partial charge in [-0.05, 0) is 44.2 Å². The Kier molecular flexibility index (Phi) is 7.66. The third-order valence-electron chi connectivity index (χ3n) is 11.0. The molecule has 0 unspecified atom stereocenters. The molecule has 2 atom stereocenters. The van der Waals surface area contributed by atoms with E-state index in [2.05, 4.69) is 25.8 Å². The summed E-state index contributed by atoms with van der Waals surface area (Å²) in [7, 11) is 3.32. The standard InChI is InChI=1S/C33H37ClFN11O2S/c1-38-26-28(43-9-5-11-46-21(15-43)24(34)25(41-46)30(47)42(2)3)39-31(48-18-33-7-4-10-45(33)14-19(35)12-33)40-29(26)44-16-32(17-44)8-6-22-23(32)20(13-36)27(37)49-22/h19H,4-12,14-18,37H2,2-3H3/t19-,33+/m1/s1. The van der Waals surface area contributed by atoms with Crippen LogP contribution in [0.2, 0.25) is 5.02 Å². The van der Waals surface area contributed by atoms with Gasteiger partial charge in [0.15, 0.2) is 5.69 Å². The predicted octanol–water partition coefficient (Wildman–Crippen LogP) is 4.16. The number of alkyl halides is 1. The number of rotatable bonds is 6. The number of nitrogens with two attached hydrogens (primary N) is 1. The van der Waals surface area contributed by atoms with Crippen molar-refractivity contribution in [3.63, 3.8) is 0 Å². The lowest BCUT2D eigenvalue weighted by Gasteiger charge is -2.50. The minimum atomic E-state index is -0.894. The normalized spacial score (nSPS) is 23.8. The van der Waals surface area contributed by atoms with E-state index < -0.39 is 11.7 Å². The van der Waals surface area contributed by atoms with Gasteiger partial charge in [-0.25, -0.2) is 9.24 Å². The van der Waals surface area contributed by atoms with Crippen molar-refractivity contribution in [1.29, 1.82) is 5.26 Å². The maximum Gasteiger partial charge on any atom is 0.317 e. The Morgan fingerprint density at radius 2 is 2.00 bits per heavy atom. The van der Waals surface area contributed by atoms with Crippen LogP contribution in [0.3, 0.4) is 0 Å². The Bertz CT molecular complexity index is 1940.